The number of hydrogen-bond acceptors (Lipinski definition) is 2. The van der Waals surface area contributed by atoms with Gasteiger partial charge in [-0.05, 0) is 37.3 Å². The third-order valence-electron chi connectivity index (χ3n) is 3.43. The fourth-order valence-electron chi connectivity index (χ4n) is 2.44. The molecule has 4 heteroatoms. The van der Waals surface area contributed by atoms with Crippen LogP contribution in [0.25, 0.3) is 5.65 Å². The maximum absolute atomic E-state index is 5.45. The molecule has 0 bridgehead atoms. The molecule has 0 aliphatic carbocycles. The van der Waals surface area contributed by atoms with Gasteiger partial charge in [0.15, 0.2) is 0 Å². The van der Waals surface area contributed by atoms with E-state index in [1.54, 1.807) is 7.11 Å². The maximum atomic E-state index is 5.45. The number of nitrogens with zero attached hydrogens (tertiary/aromatic N) is 2. The summed E-state index contributed by atoms with van der Waals surface area (Å²) in [5.74, 6) is 0.901. The Hall–Kier alpha value is -1.81. The SMILES string of the molecule is COc1ccc(Br)cc1Cc1c(C)nc2ccccn12. The first kappa shape index (κ1) is 13.2. The van der Waals surface area contributed by atoms with E-state index >= 15 is 0 Å². The second-order valence-corrected chi connectivity index (χ2v) is 5.62. The summed E-state index contributed by atoms with van der Waals surface area (Å²) in [5, 5.41) is 0. The Morgan fingerprint density at radius 2 is 2.10 bits per heavy atom. The highest BCUT2D eigenvalue weighted by Crippen LogP contribution is 2.26. The molecule has 3 aromatic rings. The number of rotatable bonds is 3. The average molecular weight is 331 g/mol. The number of aromatic nitrogens is 2. The van der Waals surface area contributed by atoms with Gasteiger partial charge >= 0.3 is 0 Å². The number of fused-ring (bicyclic) bond motifs is 1. The van der Waals surface area contributed by atoms with E-state index in [4.69, 9.17) is 4.74 Å². The number of pyridine rings is 1. The molecule has 0 unspecified atom stereocenters. The summed E-state index contributed by atoms with van der Waals surface area (Å²) in [6, 6.07) is 12.1. The van der Waals surface area contributed by atoms with Gasteiger partial charge < -0.3 is 9.14 Å². The van der Waals surface area contributed by atoms with Crippen molar-refractivity contribution in [3.05, 3.63) is 64.0 Å². The lowest BCUT2D eigenvalue weighted by Crippen LogP contribution is -1.99. The van der Waals surface area contributed by atoms with Gasteiger partial charge in [-0.15, -0.1) is 0 Å². The zero-order valence-corrected chi connectivity index (χ0v) is 13.0. The van der Waals surface area contributed by atoms with Crippen LogP contribution < -0.4 is 4.74 Å². The predicted octanol–water partition coefficient (Wildman–Crippen LogP) is 4.00. The van der Waals surface area contributed by atoms with Crippen molar-refractivity contribution in [3.8, 4) is 5.75 Å². The van der Waals surface area contributed by atoms with E-state index in [1.165, 1.54) is 5.69 Å². The lowest BCUT2D eigenvalue weighted by Gasteiger charge is -2.09. The normalized spacial score (nSPS) is 10.9. The van der Waals surface area contributed by atoms with Crippen molar-refractivity contribution in [2.75, 3.05) is 7.11 Å². The monoisotopic (exact) mass is 330 g/mol. The van der Waals surface area contributed by atoms with Gasteiger partial charge in [0, 0.05) is 28.3 Å². The molecule has 0 spiro atoms. The summed E-state index contributed by atoms with van der Waals surface area (Å²) in [6.07, 6.45) is 2.84. The predicted molar refractivity (Wildman–Crippen MR) is 83.4 cm³/mol. The van der Waals surface area contributed by atoms with Crippen molar-refractivity contribution in [1.82, 2.24) is 9.38 Å². The topological polar surface area (TPSA) is 26.5 Å². The van der Waals surface area contributed by atoms with Crippen LogP contribution in [0.4, 0.5) is 0 Å². The number of imidazole rings is 1. The first-order valence-electron chi connectivity index (χ1n) is 6.44. The van der Waals surface area contributed by atoms with Gasteiger partial charge in [-0.2, -0.15) is 0 Å². The van der Waals surface area contributed by atoms with Crippen molar-refractivity contribution < 1.29 is 4.74 Å². The summed E-state index contributed by atoms with van der Waals surface area (Å²) >= 11 is 3.52. The average Bonchev–Trinajstić information content (AvgIpc) is 2.76. The molecule has 0 aliphatic rings. The Morgan fingerprint density at radius 1 is 1.25 bits per heavy atom. The summed E-state index contributed by atoms with van der Waals surface area (Å²) in [7, 11) is 1.70. The van der Waals surface area contributed by atoms with Gasteiger partial charge in [0.1, 0.15) is 11.4 Å². The molecule has 0 saturated carbocycles. The summed E-state index contributed by atoms with van der Waals surface area (Å²) < 4.78 is 8.64. The molecule has 0 amide bonds. The van der Waals surface area contributed by atoms with Crippen LogP contribution in [0.15, 0.2) is 47.1 Å². The van der Waals surface area contributed by atoms with Gasteiger partial charge in [0.2, 0.25) is 0 Å². The van der Waals surface area contributed by atoms with E-state index in [0.717, 1.165) is 33.5 Å². The number of aryl methyl sites for hydroxylation is 1. The second-order valence-electron chi connectivity index (χ2n) is 4.71. The Kier molecular flexibility index (Phi) is 3.49. The summed E-state index contributed by atoms with van der Waals surface area (Å²) in [6.45, 7) is 2.05. The summed E-state index contributed by atoms with van der Waals surface area (Å²) in [5.41, 5.74) is 4.37. The lowest BCUT2D eigenvalue weighted by atomic mass is 10.1. The number of benzene rings is 1. The molecule has 2 heterocycles. The van der Waals surface area contributed by atoms with Crippen LogP contribution in [-0.2, 0) is 6.42 Å². The largest absolute Gasteiger partial charge is 0.496 e. The molecular formula is C16H15BrN2O. The Bertz CT molecular complexity index is 764. The van der Waals surface area contributed by atoms with Crippen LogP contribution >= 0.6 is 15.9 Å². The van der Waals surface area contributed by atoms with Crippen molar-refractivity contribution in [3.63, 3.8) is 0 Å². The van der Waals surface area contributed by atoms with Crippen LogP contribution in [0.2, 0.25) is 0 Å². The van der Waals surface area contributed by atoms with Crippen molar-refractivity contribution in [2.24, 2.45) is 0 Å². The van der Waals surface area contributed by atoms with E-state index in [-0.39, 0.29) is 0 Å². The van der Waals surface area contributed by atoms with Crippen LogP contribution in [0.3, 0.4) is 0 Å². The quantitative estimate of drug-likeness (QED) is 0.725. The highest BCUT2D eigenvalue weighted by atomic mass is 79.9. The molecule has 0 radical (unpaired) electrons. The third-order valence-corrected chi connectivity index (χ3v) is 3.92. The van der Waals surface area contributed by atoms with Gasteiger partial charge in [0.25, 0.3) is 0 Å². The molecule has 0 aliphatic heterocycles. The molecule has 0 atom stereocenters. The van der Waals surface area contributed by atoms with E-state index in [1.807, 2.05) is 37.3 Å². The molecule has 3 rings (SSSR count). The van der Waals surface area contributed by atoms with Gasteiger partial charge in [-0.25, -0.2) is 4.98 Å². The first-order valence-corrected chi connectivity index (χ1v) is 7.23. The molecule has 20 heavy (non-hydrogen) atoms. The number of methoxy groups -OCH3 is 1. The smallest absolute Gasteiger partial charge is 0.137 e. The van der Waals surface area contributed by atoms with E-state index < -0.39 is 0 Å². The molecule has 0 fully saturated rings. The highest BCUT2D eigenvalue weighted by molar-refractivity contribution is 9.10. The third kappa shape index (κ3) is 2.31. The first-order chi connectivity index (χ1) is 9.69. The van der Waals surface area contributed by atoms with E-state index in [0.29, 0.717) is 0 Å². The maximum Gasteiger partial charge on any atom is 0.137 e. The number of ether oxygens (including phenoxy) is 1. The van der Waals surface area contributed by atoms with Crippen LogP contribution in [0.1, 0.15) is 17.0 Å². The van der Waals surface area contributed by atoms with Gasteiger partial charge in [0.05, 0.1) is 12.8 Å². The van der Waals surface area contributed by atoms with Crippen LogP contribution in [-0.4, -0.2) is 16.5 Å². The highest BCUT2D eigenvalue weighted by Gasteiger charge is 2.12. The Morgan fingerprint density at radius 3 is 2.90 bits per heavy atom. The molecular weight excluding hydrogens is 316 g/mol. The molecule has 3 nitrogen and oxygen atoms in total. The second kappa shape index (κ2) is 5.29. The van der Waals surface area contributed by atoms with Crippen molar-refractivity contribution >= 4 is 21.6 Å². The number of halogens is 1. The fourth-order valence-corrected chi connectivity index (χ4v) is 2.85. The molecule has 102 valence electrons. The van der Waals surface area contributed by atoms with E-state index in [9.17, 15) is 0 Å². The van der Waals surface area contributed by atoms with Crippen LogP contribution in [0, 0.1) is 6.92 Å². The minimum Gasteiger partial charge on any atom is -0.496 e. The molecule has 0 N–H and O–H groups in total. The number of hydrogen-bond donors (Lipinski definition) is 0. The fraction of sp³-hybridized carbons (Fsp3) is 0.188. The Labute approximate surface area is 126 Å². The molecule has 1 aromatic carbocycles. The minimum absolute atomic E-state index is 0.791. The zero-order valence-electron chi connectivity index (χ0n) is 11.4. The molecule has 0 saturated heterocycles. The zero-order chi connectivity index (χ0) is 14.1. The van der Waals surface area contributed by atoms with Crippen molar-refractivity contribution in [1.29, 1.82) is 0 Å². The summed E-state index contributed by atoms with van der Waals surface area (Å²) in [4.78, 5) is 4.60. The van der Waals surface area contributed by atoms with Gasteiger partial charge in [-0.1, -0.05) is 22.0 Å². The van der Waals surface area contributed by atoms with Crippen molar-refractivity contribution in [2.45, 2.75) is 13.3 Å². The van der Waals surface area contributed by atoms with Crippen LogP contribution in [0.5, 0.6) is 5.75 Å². The minimum atomic E-state index is 0.791. The Balaban J connectivity index is 2.09. The standard InChI is InChI=1S/C16H15BrN2O/c1-11-14(19-8-4-3-5-16(19)18-11)10-12-9-13(17)6-7-15(12)20-2/h3-9H,10H2,1-2H3. The van der Waals surface area contributed by atoms with E-state index in [2.05, 4.69) is 37.6 Å². The lowest BCUT2D eigenvalue weighted by molar-refractivity contribution is 0.410. The molecule has 2 aromatic heterocycles. The van der Waals surface area contributed by atoms with Gasteiger partial charge in [-0.3, -0.25) is 0 Å².